The standard InChI is InChI=1S/C24H25ClFN5O2/c1-2-33-23(32)16-10-15(12-27-13-16)19-14-28-24(30-18-8-9-21(26)20(25)11-18)31-22(19)29-17-6-4-3-5-7-17/h8-14,17H,2-7H2,1H3,(H2,28,29,30,31). The zero-order chi connectivity index (χ0) is 23.2. The first-order chi connectivity index (χ1) is 16.0. The van der Waals surface area contributed by atoms with Crippen LogP contribution in [0.2, 0.25) is 5.02 Å². The van der Waals surface area contributed by atoms with Gasteiger partial charge < -0.3 is 15.4 Å². The molecule has 2 aromatic heterocycles. The van der Waals surface area contributed by atoms with Gasteiger partial charge in [0, 0.05) is 41.4 Å². The second-order valence-electron chi connectivity index (χ2n) is 7.87. The van der Waals surface area contributed by atoms with Crippen molar-refractivity contribution >= 4 is 35.0 Å². The number of aromatic nitrogens is 3. The molecule has 1 aromatic carbocycles. The Balaban J connectivity index is 1.67. The number of hydrogen-bond donors (Lipinski definition) is 2. The minimum absolute atomic E-state index is 0.0130. The van der Waals surface area contributed by atoms with Crippen LogP contribution in [-0.2, 0) is 4.74 Å². The van der Waals surface area contributed by atoms with Gasteiger partial charge in [-0.25, -0.2) is 14.2 Å². The minimum atomic E-state index is -0.493. The second kappa shape index (κ2) is 10.6. The van der Waals surface area contributed by atoms with E-state index >= 15 is 0 Å². The first-order valence-corrected chi connectivity index (χ1v) is 11.4. The Morgan fingerprint density at radius 2 is 2.00 bits per heavy atom. The quantitative estimate of drug-likeness (QED) is 0.410. The topological polar surface area (TPSA) is 89.0 Å². The van der Waals surface area contributed by atoms with E-state index in [1.807, 2.05) is 0 Å². The lowest BCUT2D eigenvalue weighted by Gasteiger charge is -2.24. The molecule has 0 amide bonds. The fourth-order valence-corrected chi connectivity index (χ4v) is 4.00. The zero-order valence-corrected chi connectivity index (χ0v) is 19.0. The number of carbonyl (C=O) groups is 1. The van der Waals surface area contributed by atoms with E-state index in [0.717, 1.165) is 31.2 Å². The molecule has 2 N–H and O–H groups in total. The van der Waals surface area contributed by atoms with Crippen LogP contribution in [0.15, 0.2) is 42.9 Å². The summed E-state index contributed by atoms with van der Waals surface area (Å²) in [6.07, 6.45) is 10.5. The van der Waals surface area contributed by atoms with E-state index < -0.39 is 11.8 Å². The molecule has 0 saturated heterocycles. The van der Waals surface area contributed by atoms with Gasteiger partial charge in [-0.2, -0.15) is 4.98 Å². The van der Waals surface area contributed by atoms with E-state index in [9.17, 15) is 9.18 Å². The predicted octanol–water partition coefficient (Wildman–Crippen LogP) is 6.00. The van der Waals surface area contributed by atoms with Crippen LogP contribution < -0.4 is 10.6 Å². The number of ether oxygens (including phenoxy) is 1. The first kappa shape index (κ1) is 22.9. The molecule has 33 heavy (non-hydrogen) atoms. The first-order valence-electron chi connectivity index (χ1n) is 11.0. The lowest BCUT2D eigenvalue weighted by Crippen LogP contribution is -2.23. The molecular weight excluding hydrogens is 445 g/mol. The van der Waals surface area contributed by atoms with Gasteiger partial charge in [-0.15, -0.1) is 0 Å². The van der Waals surface area contributed by atoms with Crippen LogP contribution in [0.3, 0.4) is 0 Å². The molecule has 1 saturated carbocycles. The number of nitrogens with zero attached hydrogens (tertiary/aromatic N) is 3. The Hall–Kier alpha value is -3.26. The van der Waals surface area contributed by atoms with E-state index in [4.69, 9.17) is 16.3 Å². The smallest absolute Gasteiger partial charge is 0.339 e. The molecule has 2 heterocycles. The summed E-state index contributed by atoms with van der Waals surface area (Å²) in [6, 6.07) is 6.35. The third-order valence-electron chi connectivity index (χ3n) is 5.47. The maximum atomic E-state index is 13.5. The highest BCUT2D eigenvalue weighted by Crippen LogP contribution is 2.31. The van der Waals surface area contributed by atoms with Crippen molar-refractivity contribution in [2.45, 2.75) is 45.1 Å². The van der Waals surface area contributed by atoms with Gasteiger partial charge in [0.15, 0.2) is 0 Å². The summed E-state index contributed by atoms with van der Waals surface area (Å²) in [7, 11) is 0. The van der Waals surface area contributed by atoms with Gasteiger partial charge in [0.2, 0.25) is 5.95 Å². The van der Waals surface area contributed by atoms with Crippen LogP contribution >= 0.6 is 11.6 Å². The minimum Gasteiger partial charge on any atom is -0.462 e. The number of carbonyl (C=O) groups excluding carboxylic acids is 1. The maximum absolute atomic E-state index is 13.5. The van der Waals surface area contributed by atoms with Crippen molar-refractivity contribution in [3.8, 4) is 11.1 Å². The molecule has 1 aliphatic rings. The molecule has 0 radical (unpaired) electrons. The zero-order valence-electron chi connectivity index (χ0n) is 18.3. The summed E-state index contributed by atoms with van der Waals surface area (Å²) < 4.78 is 18.6. The van der Waals surface area contributed by atoms with Gasteiger partial charge in [-0.1, -0.05) is 30.9 Å². The molecule has 0 atom stereocenters. The van der Waals surface area contributed by atoms with Crippen LogP contribution in [0.1, 0.15) is 49.4 Å². The molecule has 3 aromatic rings. The Morgan fingerprint density at radius 3 is 2.76 bits per heavy atom. The van der Waals surface area contributed by atoms with Crippen molar-refractivity contribution in [3.05, 3.63) is 59.3 Å². The number of hydrogen-bond acceptors (Lipinski definition) is 7. The Bertz CT molecular complexity index is 1140. The molecule has 0 bridgehead atoms. The van der Waals surface area contributed by atoms with Gasteiger partial charge >= 0.3 is 5.97 Å². The largest absolute Gasteiger partial charge is 0.462 e. The van der Waals surface area contributed by atoms with Gasteiger partial charge in [0.1, 0.15) is 11.6 Å². The van der Waals surface area contributed by atoms with Crippen molar-refractivity contribution in [2.75, 3.05) is 17.2 Å². The molecule has 0 unspecified atom stereocenters. The average Bonchev–Trinajstić information content (AvgIpc) is 2.83. The SMILES string of the molecule is CCOC(=O)c1cncc(-c2cnc(Nc3ccc(F)c(Cl)c3)nc2NC2CCCCC2)c1. The van der Waals surface area contributed by atoms with Crippen molar-refractivity contribution in [2.24, 2.45) is 0 Å². The Morgan fingerprint density at radius 1 is 1.18 bits per heavy atom. The molecule has 1 fully saturated rings. The van der Waals surface area contributed by atoms with Crippen molar-refractivity contribution in [3.63, 3.8) is 0 Å². The highest BCUT2D eigenvalue weighted by molar-refractivity contribution is 6.31. The molecule has 172 valence electrons. The number of pyridine rings is 1. The Kier molecular flexibility index (Phi) is 7.34. The summed E-state index contributed by atoms with van der Waals surface area (Å²) in [5, 5.41) is 6.63. The van der Waals surface area contributed by atoms with Crippen LogP contribution in [0.25, 0.3) is 11.1 Å². The van der Waals surface area contributed by atoms with Crippen LogP contribution in [0.5, 0.6) is 0 Å². The average molecular weight is 470 g/mol. The number of nitrogens with one attached hydrogen (secondary N) is 2. The Labute approximate surface area is 196 Å². The third-order valence-corrected chi connectivity index (χ3v) is 5.76. The predicted molar refractivity (Wildman–Crippen MR) is 126 cm³/mol. The highest BCUT2D eigenvalue weighted by atomic mass is 35.5. The van der Waals surface area contributed by atoms with E-state index in [2.05, 4.69) is 25.6 Å². The van der Waals surface area contributed by atoms with Crippen molar-refractivity contribution in [1.82, 2.24) is 15.0 Å². The molecule has 0 aliphatic heterocycles. The summed E-state index contributed by atoms with van der Waals surface area (Å²) >= 11 is 5.90. The van der Waals surface area contributed by atoms with Crippen LogP contribution in [0.4, 0.5) is 21.8 Å². The number of benzene rings is 1. The van der Waals surface area contributed by atoms with E-state index in [-0.39, 0.29) is 11.6 Å². The van der Waals surface area contributed by atoms with Crippen LogP contribution in [0, 0.1) is 5.82 Å². The fourth-order valence-electron chi connectivity index (χ4n) is 3.82. The number of anilines is 3. The molecular formula is C24H25ClFN5O2. The van der Waals surface area contributed by atoms with Crippen LogP contribution in [-0.4, -0.2) is 33.6 Å². The third kappa shape index (κ3) is 5.76. The van der Waals surface area contributed by atoms with Crippen molar-refractivity contribution in [1.29, 1.82) is 0 Å². The maximum Gasteiger partial charge on any atom is 0.339 e. The number of esters is 1. The van der Waals surface area contributed by atoms with Gasteiger partial charge in [-0.05, 0) is 44.0 Å². The van der Waals surface area contributed by atoms with E-state index in [1.165, 1.54) is 24.8 Å². The summed E-state index contributed by atoms with van der Waals surface area (Å²) in [5.74, 6) is 0.0535. The lowest BCUT2D eigenvalue weighted by molar-refractivity contribution is 0.0526. The molecule has 4 rings (SSSR count). The number of rotatable bonds is 7. The fraction of sp³-hybridized carbons (Fsp3) is 0.333. The summed E-state index contributed by atoms with van der Waals surface area (Å²) in [4.78, 5) is 25.5. The van der Waals surface area contributed by atoms with Crippen molar-refractivity contribution < 1.29 is 13.9 Å². The second-order valence-corrected chi connectivity index (χ2v) is 8.28. The summed E-state index contributed by atoms with van der Waals surface area (Å²) in [5.41, 5.74) is 2.36. The van der Waals surface area contributed by atoms with Gasteiger partial charge in [-0.3, -0.25) is 4.98 Å². The lowest BCUT2D eigenvalue weighted by atomic mass is 9.95. The van der Waals surface area contributed by atoms with Gasteiger partial charge in [0.05, 0.1) is 17.2 Å². The van der Waals surface area contributed by atoms with E-state index in [0.29, 0.717) is 34.6 Å². The molecule has 7 nitrogen and oxygen atoms in total. The monoisotopic (exact) mass is 469 g/mol. The molecule has 0 spiro atoms. The normalized spacial score (nSPS) is 14.0. The van der Waals surface area contributed by atoms with E-state index in [1.54, 1.807) is 31.5 Å². The molecule has 1 aliphatic carbocycles. The van der Waals surface area contributed by atoms with Gasteiger partial charge in [0.25, 0.3) is 0 Å². The number of halogens is 2. The summed E-state index contributed by atoms with van der Waals surface area (Å²) in [6.45, 7) is 2.05. The molecule has 9 heteroatoms. The highest BCUT2D eigenvalue weighted by Gasteiger charge is 2.18.